The summed E-state index contributed by atoms with van der Waals surface area (Å²) in [7, 11) is 1.69. The van der Waals surface area contributed by atoms with E-state index >= 15 is 0 Å². The molecule has 5 rings (SSSR count). The smallest absolute Gasteiger partial charge is 0.266 e. The van der Waals surface area contributed by atoms with Gasteiger partial charge in [0.1, 0.15) is 10.1 Å². The Labute approximate surface area is 215 Å². The summed E-state index contributed by atoms with van der Waals surface area (Å²) in [5.74, 6) is 2.37. The van der Waals surface area contributed by atoms with Gasteiger partial charge in [-0.3, -0.25) is 9.69 Å². The number of amides is 1. The van der Waals surface area contributed by atoms with Crippen LogP contribution in [0, 0.1) is 11.8 Å². The van der Waals surface area contributed by atoms with Gasteiger partial charge >= 0.3 is 0 Å². The highest BCUT2D eigenvalue weighted by atomic mass is 32.2. The number of ether oxygens (including phenoxy) is 1. The summed E-state index contributed by atoms with van der Waals surface area (Å²) in [6, 6.07) is 10.8. The Kier molecular flexibility index (Phi) is 7.44. The van der Waals surface area contributed by atoms with Crippen LogP contribution in [-0.2, 0) is 11.2 Å². The van der Waals surface area contributed by atoms with E-state index in [-0.39, 0.29) is 5.91 Å². The molecule has 0 radical (unpaired) electrons. The number of nitrogens with two attached hydrogens (primary N) is 1. The second-order valence-electron chi connectivity index (χ2n) is 9.63. The molecule has 2 heterocycles. The quantitative estimate of drug-likeness (QED) is 0.237. The van der Waals surface area contributed by atoms with E-state index in [2.05, 4.69) is 24.3 Å². The van der Waals surface area contributed by atoms with Crippen molar-refractivity contribution in [2.75, 3.05) is 13.7 Å². The van der Waals surface area contributed by atoms with Gasteiger partial charge in [0, 0.05) is 15.8 Å². The summed E-state index contributed by atoms with van der Waals surface area (Å²) in [5.41, 5.74) is 8.13. The van der Waals surface area contributed by atoms with Gasteiger partial charge in [-0.05, 0) is 92.3 Å². The topological polar surface area (TPSA) is 55.6 Å². The van der Waals surface area contributed by atoms with Crippen molar-refractivity contribution in [3.63, 3.8) is 0 Å². The zero-order chi connectivity index (χ0) is 23.7. The Morgan fingerprint density at radius 2 is 2.09 bits per heavy atom. The Bertz CT molecular complexity index is 1110. The average molecular weight is 513 g/mol. The van der Waals surface area contributed by atoms with Crippen molar-refractivity contribution in [3.8, 4) is 16.2 Å². The molecular weight excluding hydrogens is 481 g/mol. The number of carbonyl (C=O) groups excluding carboxylic acids is 1. The fourth-order valence-corrected chi connectivity index (χ4v) is 8.31. The lowest BCUT2D eigenvalue weighted by molar-refractivity contribution is -0.124. The Morgan fingerprint density at radius 1 is 1.21 bits per heavy atom. The van der Waals surface area contributed by atoms with E-state index in [1.165, 1.54) is 46.3 Å². The predicted octanol–water partition coefficient (Wildman–Crippen LogP) is 6.49. The maximum atomic E-state index is 13.5. The summed E-state index contributed by atoms with van der Waals surface area (Å²) in [6.07, 6.45) is 11.3. The molecule has 2 bridgehead atoms. The van der Waals surface area contributed by atoms with Crippen LogP contribution in [0.4, 0.5) is 0 Å². The van der Waals surface area contributed by atoms with Gasteiger partial charge in [0.15, 0.2) is 0 Å². The first kappa shape index (κ1) is 24.0. The third kappa shape index (κ3) is 4.85. The first-order chi connectivity index (χ1) is 16.6. The van der Waals surface area contributed by atoms with Crippen molar-refractivity contribution in [3.05, 3.63) is 45.7 Å². The molecule has 180 valence electrons. The van der Waals surface area contributed by atoms with Crippen LogP contribution in [0.3, 0.4) is 0 Å². The van der Waals surface area contributed by atoms with Crippen LogP contribution in [0.25, 0.3) is 16.5 Å². The number of benzene rings is 1. The number of aryl methyl sites for hydroxylation is 1. The number of carbonyl (C=O) groups is 1. The highest BCUT2D eigenvalue weighted by Gasteiger charge is 2.48. The predicted molar refractivity (Wildman–Crippen MR) is 147 cm³/mol. The Balaban J connectivity index is 1.42. The van der Waals surface area contributed by atoms with Crippen molar-refractivity contribution < 1.29 is 9.53 Å². The highest BCUT2D eigenvalue weighted by Crippen LogP contribution is 2.49. The maximum Gasteiger partial charge on any atom is 0.266 e. The second-order valence-corrected chi connectivity index (χ2v) is 12.4. The molecule has 2 aromatic rings. The van der Waals surface area contributed by atoms with Gasteiger partial charge < -0.3 is 10.5 Å². The maximum absolute atomic E-state index is 13.5. The molecular formula is C27H32N2O2S3. The molecule has 0 spiro atoms. The molecule has 3 fully saturated rings. The van der Waals surface area contributed by atoms with Crippen LogP contribution >= 0.6 is 35.3 Å². The summed E-state index contributed by atoms with van der Waals surface area (Å²) < 4.78 is 6.17. The van der Waals surface area contributed by atoms with Gasteiger partial charge in [0.25, 0.3) is 5.91 Å². The Morgan fingerprint density at radius 3 is 2.82 bits per heavy atom. The molecule has 3 atom stereocenters. The van der Waals surface area contributed by atoms with Gasteiger partial charge in [-0.1, -0.05) is 49.0 Å². The highest BCUT2D eigenvalue weighted by molar-refractivity contribution is 8.26. The monoisotopic (exact) mass is 512 g/mol. The van der Waals surface area contributed by atoms with Crippen molar-refractivity contribution >= 4 is 51.6 Å². The summed E-state index contributed by atoms with van der Waals surface area (Å²) >= 11 is 8.94. The van der Waals surface area contributed by atoms with Crippen molar-refractivity contribution in [2.24, 2.45) is 17.6 Å². The summed E-state index contributed by atoms with van der Waals surface area (Å²) in [5, 5.41) is 0. The average Bonchev–Trinajstić information content (AvgIpc) is 3.62. The van der Waals surface area contributed by atoms with Crippen LogP contribution in [-0.4, -0.2) is 34.8 Å². The van der Waals surface area contributed by atoms with Crippen LogP contribution in [0.1, 0.15) is 55.4 Å². The molecule has 1 aromatic heterocycles. The van der Waals surface area contributed by atoms with Crippen LogP contribution in [0.5, 0.6) is 5.75 Å². The molecule has 7 heteroatoms. The zero-order valence-corrected chi connectivity index (χ0v) is 22.1. The number of thiocarbonyl (C=S) groups is 1. The number of hydrogen-bond donors (Lipinski definition) is 1. The summed E-state index contributed by atoms with van der Waals surface area (Å²) in [4.78, 5) is 18.6. The lowest BCUT2D eigenvalue weighted by atomic mass is 9.94. The molecule has 1 aromatic carbocycles. The fraction of sp³-hybridized carbons (Fsp3) is 0.481. The fourth-order valence-electron chi connectivity index (χ4n) is 5.73. The lowest BCUT2D eigenvalue weighted by Gasteiger charge is -2.30. The van der Waals surface area contributed by atoms with E-state index in [9.17, 15) is 4.79 Å². The van der Waals surface area contributed by atoms with E-state index in [0.717, 1.165) is 65.1 Å². The Hall–Kier alpha value is -1.67. The molecule has 1 saturated heterocycles. The third-order valence-electron chi connectivity index (χ3n) is 7.46. The number of thiophene rings is 1. The number of nitrogens with zero attached hydrogens (tertiary/aromatic N) is 1. The van der Waals surface area contributed by atoms with Crippen molar-refractivity contribution in [1.29, 1.82) is 0 Å². The largest absolute Gasteiger partial charge is 0.497 e. The molecule has 1 aliphatic heterocycles. The van der Waals surface area contributed by atoms with E-state index in [0.29, 0.717) is 12.0 Å². The molecule has 1 amide bonds. The van der Waals surface area contributed by atoms with Gasteiger partial charge in [-0.25, -0.2) is 0 Å². The molecule has 2 aliphatic carbocycles. The second kappa shape index (κ2) is 10.5. The van der Waals surface area contributed by atoms with Crippen LogP contribution in [0.2, 0.25) is 0 Å². The molecule has 2 saturated carbocycles. The van der Waals surface area contributed by atoms with E-state index < -0.39 is 0 Å². The van der Waals surface area contributed by atoms with E-state index in [4.69, 9.17) is 22.7 Å². The van der Waals surface area contributed by atoms with E-state index in [1.54, 1.807) is 18.4 Å². The van der Waals surface area contributed by atoms with E-state index in [1.807, 2.05) is 17.0 Å². The molecule has 34 heavy (non-hydrogen) atoms. The molecule has 3 unspecified atom stereocenters. The molecule has 3 aliphatic rings. The van der Waals surface area contributed by atoms with Crippen molar-refractivity contribution in [2.45, 2.75) is 57.4 Å². The first-order valence-electron chi connectivity index (χ1n) is 12.3. The minimum Gasteiger partial charge on any atom is -0.497 e. The van der Waals surface area contributed by atoms with Gasteiger partial charge in [0.2, 0.25) is 0 Å². The number of unbranched alkanes of at least 4 members (excludes halogenated alkanes) is 2. The lowest BCUT2D eigenvalue weighted by Crippen LogP contribution is -2.41. The standard InChI is InChI=1S/C27H32N2O2S3/c1-31-21-8-5-7-19(14-21)23-15-20(6-3-2-4-11-28)24(33-23)16-25-26(30)29(27(32)34-25)22-13-17-9-10-18(22)12-17/h5,7-8,14-18,22H,2-4,6,9-13,28H2,1H3/b25-16-. The zero-order valence-electron chi connectivity index (χ0n) is 19.6. The minimum atomic E-state index is 0.109. The molecule has 4 nitrogen and oxygen atoms in total. The normalized spacial score (nSPS) is 25.2. The summed E-state index contributed by atoms with van der Waals surface area (Å²) in [6.45, 7) is 0.733. The van der Waals surface area contributed by atoms with Gasteiger partial charge in [-0.15, -0.1) is 11.3 Å². The number of thioether (sulfide) groups is 1. The molecule has 2 N–H and O–H groups in total. The van der Waals surface area contributed by atoms with Gasteiger partial charge in [0.05, 0.1) is 12.0 Å². The third-order valence-corrected chi connectivity index (χ3v) is 9.97. The number of rotatable bonds is 9. The number of hydrogen-bond acceptors (Lipinski definition) is 6. The van der Waals surface area contributed by atoms with Crippen LogP contribution in [0.15, 0.2) is 35.2 Å². The first-order valence-corrected chi connectivity index (χ1v) is 14.4. The van der Waals surface area contributed by atoms with Crippen molar-refractivity contribution in [1.82, 2.24) is 4.90 Å². The number of methoxy groups -OCH3 is 1. The SMILES string of the molecule is COc1cccc(-c2cc(CCCCCN)c(/C=C3\SC(=S)N(C4CC5CCC4C5)C3=O)s2)c1. The van der Waals surface area contributed by atoms with Crippen LogP contribution < -0.4 is 10.5 Å². The minimum absolute atomic E-state index is 0.109. The number of fused-ring (bicyclic) bond motifs is 2. The van der Waals surface area contributed by atoms with Gasteiger partial charge in [-0.2, -0.15) is 0 Å².